The summed E-state index contributed by atoms with van der Waals surface area (Å²) >= 11 is 0. The predicted molar refractivity (Wildman–Crippen MR) is 146 cm³/mol. The topological polar surface area (TPSA) is 143 Å². The van der Waals surface area contributed by atoms with Gasteiger partial charge in [-0.05, 0) is 63.0 Å². The zero-order chi connectivity index (χ0) is 27.1. The number of imidazole rings is 1. The quantitative estimate of drug-likeness (QED) is 0.341. The second-order valence-electron chi connectivity index (χ2n) is 9.61. The number of aromatic nitrogens is 2. The van der Waals surface area contributed by atoms with Crippen LogP contribution in [0.25, 0.3) is 11.0 Å². The molecule has 1 unspecified atom stereocenters. The Morgan fingerprint density at radius 1 is 1.00 bits per heavy atom. The minimum absolute atomic E-state index is 0.0400. The number of benzene rings is 2. The van der Waals surface area contributed by atoms with Crippen molar-refractivity contribution in [1.29, 1.82) is 0 Å². The van der Waals surface area contributed by atoms with Gasteiger partial charge in [-0.15, -0.1) is 0 Å². The molecule has 1 fully saturated rings. The summed E-state index contributed by atoms with van der Waals surface area (Å²) in [6.07, 6.45) is 1.72. The molecule has 11 heteroatoms. The van der Waals surface area contributed by atoms with Gasteiger partial charge in [-0.1, -0.05) is 30.3 Å². The minimum Gasteiger partial charge on any atom is -0.370 e. The number of nitrogens with one attached hydrogen (secondary N) is 3. The summed E-state index contributed by atoms with van der Waals surface area (Å²) in [7, 11) is 0. The van der Waals surface area contributed by atoms with E-state index in [9.17, 15) is 19.2 Å². The summed E-state index contributed by atoms with van der Waals surface area (Å²) in [6.45, 7) is 4.84. The summed E-state index contributed by atoms with van der Waals surface area (Å²) in [6, 6.07) is 15.1. The lowest BCUT2D eigenvalue weighted by Crippen LogP contribution is -2.49. The molecule has 0 spiro atoms. The molecule has 202 valence electrons. The number of urea groups is 1. The van der Waals surface area contributed by atoms with E-state index in [1.165, 1.54) is 4.57 Å². The van der Waals surface area contributed by atoms with Gasteiger partial charge in [-0.2, -0.15) is 0 Å². The molecule has 3 aromatic rings. The largest absolute Gasteiger partial charge is 0.370 e. The van der Waals surface area contributed by atoms with Crippen molar-refractivity contribution in [1.82, 2.24) is 24.7 Å². The average molecular weight is 522 g/mol. The van der Waals surface area contributed by atoms with Gasteiger partial charge < -0.3 is 26.6 Å². The van der Waals surface area contributed by atoms with E-state index in [2.05, 4.69) is 20.9 Å². The molecule has 1 aliphatic heterocycles. The van der Waals surface area contributed by atoms with Crippen LogP contribution in [0.1, 0.15) is 26.2 Å². The number of amides is 4. The highest BCUT2D eigenvalue weighted by Crippen LogP contribution is 2.18. The third-order valence-electron chi connectivity index (χ3n) is 6.90. The van der Waals surface area contributed by atoms with Crippen LogP contribution in [0, 0.1) is 5.92 Å². The molecule has 5 N–H and O–H groups in total. The summed E-state index contributed by atoms with van der Waals surface area (Å²) in [5.41, 5.74) is 7.07. The van der Waals surface area contributed by atoms with Gasteiger partial charge in [0, 0.05) is 31.7 Å². The minimum atomic E-state index is -0.479. The van der Waals surface area contributed by atoms with E-state index in [0.29, 0.717) is 30.8 Å². The first-order valence-corrected chi connectivity index (χ1v) is 13.0. The Morgan fingerprint density at radius 2 is 1.66 bits per heavy atom. The van der Waals surface area contributed by atoms with E-state index in [4.69, 9.17) is 5.73 Å². The molecule has 2 heterocycles. The average Bonchev–Trinajstić information content (AvgIpc) is 3.19. The van der Waals surface area contributed by atoms with E-state index in [1.54, 1.807) is 22.8 Å². The van der Waals surface area contributed by atoms with Gasteiger partial charge in [0.25, 0.3) is 0 Å². The highest BCUT2D eigenvalue weighted by molar-refractivity contribution is 5.90. The zero-order valence-electron chi connectivity index (χ0n) is 21.6. The van der Waals surface area contributed by atoms with Crippen LogP contribution >= 0.6 is 0 Å². The molecule has 0 radical (unpaired) electrons. The highest BCUT2D eigenvalue weighted by Gasteiger charge is 2.25. The number of aryl methyl sites for hydroxylation is 1. The molecule has 0 saturated carbocycles. The van der Waals surface area contributed by atoms with Crippen LogP contribution < -0.4 is 27.4 Å². The van der Waals surface area contributed by atoms with Crippen LogP contribution in [-0.2, 0) is 11.3 Å². The second-order valence-corrected chi connectivity index (χ2v) is 9.61. The van der Waals surface area contributed by atoms with Gasteiger partial charge in [0.05, 0.1) is 17.1 Å². The van der Waals surface area contributed by atoms with E-state index in [-0.39, 0.29) is 24.1 Å². The predicted octanol–water partition coefficient (Wildman–Crippen LogP) is 2.16. The summed E-state index contributed by atoms with van der Waals surface area (Å²) < 4.78 is 2.79. The van der Waals surface area contributed by atoms with E-state index >= 15 is 0 Å². The molecule has 38 heavy (non-hydrogen) atoms. The van der Waals surface area contributed by atoms with E-state index in [1.807, 2.05) is 43.3 Å². The Kier molecular flexibility index (Phi) is 8.80. The van der Waals surface area contributed by atoms with Gasteiger partial charge in [0.2, 0.25) is 5.91 Å². The number of fused-ring (bicyclic) bond motifs is 1. The van der Waals surface area contributed by atoms with Crippen LogP contribution in [0.2, 0.25) is 0 Å². The zero-order valence-corrected chi connectivity index (χ0v) is 21.6. The van der Waals surface area contributed by atoms with Crippen LogP contribution in [0.15, 0.2) is 59.4 Å². The maximum atomic E-state index is 12.9. The molecule has 0 aliphatic carbocycles. The number of primary amides is 1. The standard InChI is InChI=1S/C27H35N7O4/c1-2-33-22-10-6-7-11-23(22)34(27(33)38)26(37)29-17-19-12-14-32(15-13-19)18-21(16-24(28)35)31-25(36)30-20-8-4-3-5-9-20/h3-11,19,21H,2,12-18H2,1H3,(H2,28,35)(H,29,37)(H2,30,31,36). The number of carbonyl (C=O) groups is 3. The first kappa shape index (κ1) is 26.9. The van der Waals surface area contributed by atoms with Crippen molar-refractivity contribution < 1.29 is 14.4 Å². The smallest absolute Gasteiger partial charge is 0.337 e. The maximum Gasteiger partial charge on any atom is 0.337 e. The van der Waals surface area contributed by atoms with Crippen LogP contribution in [0.4, 0.5) is 15.3 Å². The molecule has 1 aliphatic rings. The van der Waals surface area contributed by atoms with Gasteiger partial charge in [-0.3, -0.25) is 9.36 Å². The fraction of sp³-hybridized carbons (Fsp3) is 0.407. The fourth-order valence-corrected chi connectivity index (χ4v) is 4.98. The normalized spacial score (nSPS) is 15.2. The summed E-state index contributed by atoms with van der Waals surface area (Å²) in [4.78, 5) is 52.0. The Morgan fingerprint density at radius 3 is 2.32 bits per heavy atom. The lowest BCUT2D eigenvalue weighted by atomic mass is 9.96. The Balaban J connectivity index is 1.28. The van der Waals surface area contributed by atoms with Crippen molar-refractivity contribution in [2.24, 2.45) is 11.7 Å². The molecule has 4 amide bonds. The van der Waals surface area contributed by atoms with Crippen molar-refractivity contribution in [2.75, 3.05) is 31.5 Å². The number of hydrogen-bond donors (Lipinski definition) is 4. The number of piperidine rings is 1. The van der Waals surface area contributed by atoms with Crippen molar-refractivity contribution in [3.05, 3.63) is 65.1 Å². The van der Waals surface area contributed by atoms with Crippen LogP contribution in [-0.4, -0.2) is 64.2 Å². The summed E-state index contributed by atoms with van der Waals surface area (Å²) in [5, 5.41) is 8.56. The van der Waals surface area contributed by atoms with E-state index in [0.717, 1.165) is 31.4 Å². The number of para-hydroxylation sites is 3. The molecule has 0 bridgehead atoms. The molecular formula is C27H35N7O4. The molecule has 1 aromatic heterocycles. The van der Waals surface area contributed by atoms with Gasteiger partial charge in [-0.25, -0.2) is 19.0 Å². The third kappa shape index (κ3) is 6.60. The Labute approximate surface area is 221 Å². The third-order valence-corrected chi connectivity index (χ3v) is 6.90. The molecule has 1 atom stereocenters. The van der Waals surface area contributed by atoms with Crippen LogP contribution in [0.5, 0.6) is 0 Å². The monoisotopic (exact) mass is 521 g/mol. The van der Waals surface area contributed by atoms with Crippen molar-refractivity contribution >= 4 is 34.7 Å². The van der Waals surface area contributed by atoms with Gasteiger partial charge >= 0.3 is 17.8 Å². The van der Waals surface area contributed by atoms with E-state index < -0.39 is 18.0 Å². The second kappa shape index (κ2) is 12.4. The lowest BCUT2D eigenvalue weighted by Gasteiger charge is -2.34. The Bertz CT molecular complexity index is 1330. The lowest BCUT2D eigenvalue weighted by molar-refractivity contribution is -0.118. The number of rotatable bonds is 9. The maximum absolute atomic E-state index is 12.9. The SMILES string of the molecule is CCn1c(=O)n(C(=O)NCC2CCN(CC(CC(N)=O)NC(=O)Nc3ccccc3)CC2)c2ccccc21. The molecule has 1 saturated heterocycles. The van der Waals surface area contributed by atoms with Gasteiger partial charge in [0.15, 0.2) is 0 Å². The number of carbonyl (C=O) groups excluding carboxylic acids is 3. The molecular weight excluding hydrogens is 486 g/mol. The first-order valence-electron chi connectivity index (χ1n) is 13.0. The van der Waals surface area contributed by atoms with Crippen molar-refractivity contribution in [2.45, 2.75) is 38.8 Å². The first-order chi connectivity index (χ1) is 18.4. The Hall–Kier alpha value is -4.12. The molecule has 11 nitrogen and oxygen atoms in total. The van der Waals surface area contributed by atoms with Crippen LogP contribution in [0.3, 0.4) is 0 Å². The number of nitrogens with two attached hydrogens (primary N) is 1. The molecule has 4 rings (SSSR count). The highest BCUT2D eigenvalue weighted by atomic mass is 16.2. The number of nitrogens with zero attached hydrogens (tertiary/aromatic N) is 3. The number of anilines is 1. The number of hydrogen-bond acceptors (Lipinski definition) is 5. The van der Waals surface area contributed by atoms with Crippen molar-refractivity contribution in [3.63, 3.8) is 0 Å². The van der Waals surface area contributed by atoms with Gasteiger partial charge in [0.1, 0.15) is 0 Å². The fourth-order valence-electron chi connectivity index (χ4n) is 4.98. The van der Waals surface area contributed by atoms with Crippen molar-refractivity contribution in [3.8, 4) is 0 Å². The summed E-state index contributed by atoms with van der Waals surface area (Å²) in [5.74, 6) is -0.221. The molecule has 2 aromatic carbocycles. The number of likely N-dealkylation sites (tertiary alicyclic amines) is 1.